The Morgan fingerprint density at radius 1 is 1.43 bits per heavy atom. The van der Waals surface area contributed by atoms with Crippen LogP contribution in [0.1, 0.15) is 11.1 Å². The van der Waals surface area contributed by atoms with E-state index in [1.165, 1.54) is 5.06 Å². The van der Waals surface area contributed by atoms with Gasteiger partial charge in [0.15, 0.2) is 0 Å². The van der Waals surface area contributed by atoms with E-state index in [1.807, 2.05) is 26.0 Å². The highest BCUT2D eigenvalue weighted by molar-refractivity contribution is 7.74. The van der Waals surface area contributed by atoms with E-state index in [9.17, 15) is 8.76 Å². The zero-order valence-electron chi connectivity index (χ0n) is 8.31. The molecule has 0 aliphatic heterocycles. The Morgan fingerprint density at radius 2 is 2.07 bits per heavy atom. The maximum atomic E-state index is 10.3. The number of anilines is 1. The van der Waals surface area contributed by atoms with Gasteiger partial charge in [-0.2, -0.15) is 4.28 Å². The topological polar surface area (TPSA) is 52.6 Å². The van der Waals surface area contributed by atoms with Gasteiger partial charge < -0.3 is 4.55 Å². The number of hydrogen-bond acceptors (Lipinski definition) is 4. The second-order valence-corrected chi connectivity index (χ2v) is 3.55. The minimum Gasteiger partial charge on any atom is -0.748 e. The molecule has 0 N–H and O–H groups in total. The van der Waals surface area contributed by atoms with Crippen LogP contribution in [0.3, 0.4) is 0 Å². The van der Waals surface area contributed by atoms with E-state index in [2.05, 4.69) is 4.28 Å². The zero-order chi connectivity index (χ0) is 10.7. The SMILES string of the molecule is Cc1cccc(N(C)OS(=O)[O-])c1C. The number of rotatable bonds is 3. The van der Waals surface area contributed by atoms with E-state index in [-0.39, 0.29) is 0 Å². The second-order valence-electron chi connectivity index (χ2n) is 3.00. The Morgan fingerprint density at radius 3 is 2.64 bits per heavy atom. The van der Waals surface area contributed by atoms with E-state index in [1.54, 1.807) is 13.1 Å². The molecular weight excluding hydrogens is 202 g/mol. The predicted octanol–water partition coefficient (Wildman–Crippen LogP) is 1.47. The summed E-state index contributed by atoms with van der Waals surface area (Å²) < 4.78 is 25.2. The van der Waals surface area contributed by atoms with Gasteiger partial charge in [-0.1, -0.05) is 12.1 Å². The predicted molar refractivity (Wildman–Crippen MR) is 54.3 cm³/mol. The average molecular weight is 214 g/mol. The minimum absolute atomic E-state index is 0.745. The molecule has 0 bridgehead atoms. The Labute approximate surface area is 85.9 Å². The lowest BCUT2D eigenvalue weighted by Gasteiger charge is -2.21. The lowest BCUT2D eigenvalue weighted by molar-refractivity contribution is 0.288. The molecule has 0 saturated heterocycles. The molecule has 1 aromatic carbocycles. The summed E-state index contributed by atoms with van der Waals surface area (Å²) in [6.45, 7) is 3.87. The first kappa shape index (κ1) is 11.2. The molecule has 0 aliphatic carbocycles. The average Bonchev–Trinajstić information content (AvgIpc) is 2.08. The van der Waals surface area contributed by atoms with E-state index in [0.29, 0.717) is 0 Å². The number of hydrogen-bond donors (Lipinski definition) is 0. The Balaban J connectivity index is 2.95. The molecule has 78 valence electrons. The molecular formula is C9H12NO3S-. The van der Waals surface area contributed by atoms with Gasteiger partial charge in [-0.3, -0.25) is 0 Å². The molecule has 0 saturated carbocycles. The molecule has 1 atom stereocenters. The first-order valence-corrected chi connectivity index (χ1v) is 5.10. The van der Waals surface area contributed by atoms with Crippen molar-refractivity contribution in [1.29, 1.82) is 0 Å². The highest BCUT2D eigenvalue weighted by Gasteiger charge is 2.06. The van der Waals surface area contributed by atoms with Crippen LogP contribution in [0, 0.1) is 13.8 Å². The first-order chi connectivity index (χ1) is 6.52. The molecule has 0 fully saturated rings. The highest BCUT2D eigenvalue weighted by atomic mass is 32.2. The summed E-state index contributed by atoms with van der Waals surface area (Å²) in [5.41, 5.74) is 2.84. The summed E-state index contributed by atoms with van der Waals surface area (Å²) in [7, 11) is 1.55. The fraction of sp³-hybridized carbons (Fsp3) is 0.333. The zero-order valence-corrected chi connectivity index (χ0v) is 9.13. The summed E-state index contributed by atoms with van der Waals surface area (Å²) in [5.74, 6) is 0. The fourth-order valence-electron chi connectivity index (χ4n) is 1.21. The Bertz CT molecular complexity index is 354. The van der Waals surface area contributed by atoms with Gasteiger partial charge in [0, 0.05) is 7.05 Å². The fourth-order valence-corrected chi connectivity index (χ4v) is 1.47. The van der Waals surface area contributed by atoms with Crippen LogP contribution in [-0.2, 0) is 15.6 Å². The molecule has 0 heterocycles. The number of hydroxylamine groups is 1. The summed E-state index contributed by atoms with van der Waals surface area (Å²) in [4.78, 5) is 0. The van der Waals surface area contributed by atoms with E-state index in [4.69, 9.17) is 0 Å². The number of aryl methyl sites for hydroxylation is 1. The van der Waals surface area contributed by atoms with Crippen LogP contribution < -0.4 is 5.06 Å². The standard InChI is InChI=1S/C9H13NO3S/c1-7-5-4-6-9(8(7)2)10(3)13-14(11)12/h4-6H,1-3H3,(H,11,12)/p-1. The highest BCUT2D eigenvalue weighted by Crippen LogP contribution is 2.21. The van der Waals surface area contributed by atoms with Gasteiger partial charge in [0.1, 0.15) is 11.4 Å². The van der Waals surface area contributed by atoms with Gasteiger partial charge in [-0.05, 0) is 31.0 Å². The van der Waals surface area contributed by atoms with Crippen LogP contribution in [0.25, 0.3) is 0 Å². The van der Waals surface area contributed by atoms with Crippen molar-refractivity contribution >= 4 is 17.0 Å². The maximum absolute atomic E-state index is 10.3. The summed E-state index contributed by atoms with van der Waals surface area (Å²) >= 11 is -2.54. The van der Waals surface area contributed by atoms with Crippen molar-refractivity contribution in [3.8, 4) is 0 Å². The summed E-state index contributed by atoms with van der Waals surface area (Å²) in [6.07, 6.45) is 0. The van der Waals surface area contributed by atoms with Gasteiger partial charge in [-0.25, -0.2) is 9.27 Å². The summed E-state index contributed by atoms with van der Waals surface area (Å²) in [5, 5.41) is 1.23. The van der Waals surface area contributed by atoms with Crippen LogP contribution in [0.15, 0.2) is 18.2 Å². The van der Waals surface area contributed by atoms with Crippen molar-refractivity contribution in [3.05, 3.63) is 29.3 Å². The van der Waals surface area contributed by atoms with Crippen molar-refractivity contribution in [3.63, 3.8) is 0 Å². The number of benzene rings is 1. The third kappa shape index (κ3) is 2.54. The molecule has 0 aliphatic rings. The Kier molecular flexibility index (Phi) is 3.62. The quantitative estimate of drug-likeness (QED) is 0.564. The van der Waals surface area contributed by atoms with Gasteiger partial charge >= 0.3 is 0 Å². The molecule has 1 unspecified atom stereocenters. The molecule has 1 rings (SSSR count). The van der Waals surface area contributed by atoms with Crippen LogP contribution in [-0.4, -0.2) is 15.8 Å². The smallest absolute Gasteiger partial charge is 0.112 e. The second kappa shape index (κ2) is 4.54. The maximum Gasteiger partial charge on any atom is 0.112 e. The van der Waals surface area contributed by atoms with Gasteiger partial charge in [0.05, 0.1) is 5.69 Å². The van der Waals surface area contributed by atoms with Crippen LogP contribution in [0.2, 0.25) is 0 Å². The largest absolute Gasteiger partial charge is 0.748 e. The van der Waals surface area contributed by atoms with Crippen molar-refractivity contribution in [2.24, 2.45) is 0 Å². The van der Waals surface area contributed by atoms with Gasteiger partial charge in [0.2, 0.25) is 0 Å². The monoisotopic (exact) mass is 214 g/mol. The van der Waals surface area contributed by atoms with Crippen LogP contribution in [0.4, 0.5) is 5.69 Å². The third-order valence-electron chi connectivity index (χ3n) is 2.09. The van der Waals surface area contributed by atoms with E-state index in [0.717, 1.165) is 16.8 Å². The van der Waals surface area contributed by atoms with Gasteiger partial charge in [-0.15, -0.1) is 0 Å². The molecule has 1 aromatic rings. The van der Waals surface area contributed by atoms with E-state index >= 15 is 0 Å². The minimum atomic E-state index is -2.54. The van der Waals surface area contributed by atoms with E-state index < -0.39 is 11.4 Å². The van der Waals surface area contributed by atoms with Crippen molar-refractivity contribution in [2.45, 2.75) is 13.8 Å². The lowest BCUT2D eigenvalue weighted by atomic mass is 10.1. The molecule has 5 heteroatoms. The molecule has 0 amide bonds. The molecule has 0 aromatic heterocycles. The van der Waals surface area contributed by atoms with Crippen LogP contribution >= 0.6 is 0 Å². The molecule has 4 nitrogen and oxygen atoms in total. The molecule has 14 heavy (non-hydrogen) atoms. The van der Waals surface area contributed by atoms with Crippen molar-refractivity contribution < 1.29 is 13.0 Å². The third-order valence-corrected chi connectivity index (χ3v) is 2.43. The normalized spacial score (nSPS) is 12.6. The number of nitrogens with zero attached hydrogens (tertiary/aromatic N) is 1. The molecule has 0 radical (unpaired) electrons. The summed E-state index contributed by atoms with van der Waals surface area (Å²) in [6, 6.07) is 5.61. The first-order valence-electron chi connectivity index (χ1n) is 4.10. The Hall–Kier alpha value is -0.910. The van der Waals surface area contributed by atoms with Crippen molar-refractivity contribution in [1.82, 2.24) is 0 Å². The van der Waals surface area contributed by atoms with Crippen molar-refractivity contribution in [2.75, 3.05) is 12.1 Å². The lowest BCUT2D eigenvalue weighted by Crippen LogP contribution is -2.20. The van der Waals surface area contributed by atoms with Crippen LogP contribution in [0.5, 0.6) is 0 Å². The molecule has 0 spiro atoms. The van der Waals surface area contributed by atoms with Gasteiger partial charge in [0.25, 0.3) is 0 Å².